The van der Waals surface area contributed by atoms with Crippen molar-refractivity contribution in [2.24, 2.45) is 7.05 Å². The molecule has 0 aliphatic rings. The number of hydrogen-bond donors (Lipinski definition) is 1. The Morgan fingerprint density at radius 1 is 1.75 bits per heavy atom. The monoisotopic (exact) mass is 238 g/mol. The van der Waals surface area contributed by atoms with Gasteiger partial charge in [-0.1, -0.05) is 18.5 Å². The van der Waals surface area contributed by atoms with Gasteiger partial charge in [0.05, 0.1) is 5.02 Å². The Hall–Kier alpha value is -1.40. The number of amides is 1. The molecule has 3 nitrogen and oxygen atoms in total. The number of carbonyl (C=O) groups is 1. The summed E-state index contributed by atoms with van der Waals surface area (Å²) in [6.07, 6.45) is 8.27. The van der Waals surface area contributed by atoms with Crippen LogP contribution in [0.2, 0.25) is 5.02 Å². The third-order valence-electron chi connectivity index (χ3n) is 2.40. The average Bonchev–Trinajstić information content (AvgIpc) is 2.57. The highest BCUT2D eigenvalue weighted by molar-refractivity contribution is 6.31. The van der Waals surface area contributed by atoms with Crippen LogP contribution in [0.4, 0.5) is 0 Å². The number of terminal acetylenes is 1. The molecule has 0 fully saturated rings. The minimum Gasteiger partial charge on any atom is -0.347 e. The summed E-state index contributed by atoms with van der Waals surface area (Å²) in [4.78, 5) is 11.9. The number of aromatic nitrogens is 1. The molecule has 1 unspecified atom stereocenters. The number of nitrogens with zero attached hydrogens (tertiary/aromatic N) is 1. The summed E-state index contributed by atoms with van der Waals surface area (Å²) in [6, 6.07) is 1.66. The van der Waals surface area contributed by atoms with Gasteiger partial charge >= 0.3 is 0 Å². The number of hydrogen-bond acceptors (Lipinski definition) is 1. The standard InChI is InChI=1S/C12H15ClN2O/c1-4-6-10(5-2)14-12(16)11-7-9(13)8-15(11)3/h1,7-8,10H,5-6H2,2-3H3,(H,14,16). The van der Waals surface area contributed by atoms with Gasteiger partial charge in [0.2, 0.25) is 0 Å². The van der Waals surface area contributed by atoms with Gasteiger partial charge in [-0.05, 0) is 12.5 Å². The van der Waals surface area contributed by atoms with E-state index in [0.29, 0.717) is 17.1 Å². The molecule has 1 atom stereocenters. The lowest BCUT2D eigenvalue weighted by Gasteiger charge is -2.14. The van der Waals surface area contributed by atoms with Crippen molar-refractivity contribution in [3.8, 4) is 12.3 Å². The van der Waals surface area contributed by atoms with Crippen molar-refractivity contribution < 1.29 is 4.79 Å². The quantitative estimate of drug-likeness (QED) is 0.802. The highest BCUT2D eigenvalue weighted by atomic mass is 35.5. The number of nitrogens with one attached hydrogen (secondary N) is 1. The molecule has 0 aromatic carbocycles. The van der Waals surface area contributed by atoms with Crippen molar-refractivity contribution in [3.63, 3.8) is 0 Å². The zero-order chi connectivity index (χ0) is 12.1. The van der Waals surface area contributed by atoms with Gasteiger partial charge in [0, 0.05) is 25.7 Å². The van der Waals surface area contributed by atoms with Crippen molar-refractivity contribution in [2.45, 2.75) is 25.8 Å². The van der Waals surface area contributed by atoms with Gasteiger partial charge in [0.1, 0.15) is 5.69 Å². The van der Waals surface area contributed by atoms with E-state index in [0.717, 1.165) is 6.42 Å². The van der Waals surface area contributed by atoms with E-state index in [1.165, 1.54) is 0 Å². The van der Waals surface area contributed by atoms with E-state index >= 15 is 0 Å². The van der Waals surface area contributed by atoms with Crippen LogP contribution in [0.15, 0.2) is 12.3 Å². The Morgan fingerprint density at radius 3 is 2.88 bits per heavy atom. The van der Waals surface area contributed by atoms with Crippen molar-refractivity contribution in [1.29, 1.82) is 0 Å². The van der Waals surface area contributed by atoms with E-state index in [-0.39, 0.29) is 11.9 Å². The summed E-state index contributed by atoms with van der Waals surface area (Å²) in [5.74, 6) is 2.41. The summed E-state index contributed by atoms with van der Waals surface area (Å²) in [7, 11) is 1.78. The molecular weight excluding hydrogens is 224 g/mol. The summed E-state index contributed by atoms with van der Waals surface area (Å²) >= 11 is 5.81. The highest BCUT2D eigenvalue weighted by Crippen LogP contribution is 2.13. The average molecular weight is 239 g/mol. The lowest BCUT2D eigenvalue weighted by Crippen LogP contribution is -2.35. The van der Waals surface area contributed by atoms with Crippen LogP contribution in [0.25, 0.3) is 0 Å². The third kappa shape index (κ3) is 3.04. The minimum atomic E-state index is -0.142. The van der Waals surface area contributed by atoms with E-state index in [2.05, 4.69) is 11.2 Å². The molecule has 1 N–H and O–H groups in total. The molecule has 1 rings (SSSR count). The summed E-state index contributed by atoms with van der Waals surface area (Å²) < 4.78 is 1.69. The second-order valence-corrected chi connectivity index (χ2v) is 4.08. The predicted octanol–water partition coefficient (Wildman–Crippen LogP) is 2.21. The fraction of sp³-hybridized carbons (Fsp3) is 0.417. The molecule has 0 radical (unpaired) electrons. The largest absolute Gasteiger partial charge is 0.347 e. The number of aryl methyl sites for hydroxylation is 1. The van der Waals surface area contributed by atoms with Gasteiger partial charge in [-0.2, -0.15) is 0 Å². The van der Waals surface area contributed by atoms with Crippen molar-refractivity contribution in [3.05, 3.63) is 23.0 Å². The van der Waals surface area contributed by atoms with Crippen LogP contribution in [0.3, 0.4) is 0 Å². The maximum absolute atomic E-state index is 11.9. The Bertz CT molecular complexity index is 417. The van der Waals surface area contributed by atoms with Crippen LogP contribution in [0, 0.1) is 12.3 Å². The normalized spacial score (nSPS) is 11.9. The molecule has 0 bridgehead atoms. The third-order valence-corrected chi connectivity index (χ3v) is 2.60. The Kier molecular flexibility index (Phi) is 4.45. The Labute approximate surface area is 101 Å². The molecule has 1 amide bonds. The molecule has 0 spiro atoms. The zero-order valence-electron chi connectivity index (χ0n) is 9.46. The molecule has 0 saturated carbocycles. The van der Waals surface area contributed by atoms with Crippen LogP contribution >= 0.6 is 11.6 Å². The van der Waals surface area contributed by atoms with Gasteiger partial charge in [-0.3, -0.25) is 4.79 Å². The van der Waals surface area contributed by atoms with Gasteiger partial charge in [0.15, 0.2) is 0 Å². The molecule has 0 aliphatic carbocycles. The number of halogens is 1. The van der Waals surface area contributed by atoms with E-state index in [9.17, 15) is 4.79 Å². The van der Waals surface area contributed by atoms with Crippen LogP contribution < -0.4 is 5.32 Å². The Balaban J connectivity index is 2.72. The van der Waals surface area contributed by atoms with Crippen LogP contribution in [0.5, 0.6) is 0 Å². The first-order valence-corrected chi connectivity index (χ1v) is 5.52. The maximum Gasteiger partial charge on any atom is 0.268 e. The van der Waals surface area contributed by atoms with E-state index < -0.39 is 0 Å². The molecule has 1 aromatic rings. The van der Waals surface area contributed by atoms with E-state index in [4.69, 9.17) is 18.0 Å². The topological polar surface area (TPSA) is 34.0 Å². The van der Waals surface area contributed by atoms with E-state index in [1.54, 1.807) is 23.9 Å². The molecule has 4 heteroatoms. The summed E-state index contributed by atoms with van der Waals surface area (Å²) in [6.45, 7) is 1.99. The molecule has 0 saturated heterocycles. The lowest BCUT2D eigenvalue weighted by molar-refractivity contribution is 0.0928. The van der Waals surface area contributed by atoms with Crippen molar-refractivity contribution in [1.82, 2.24) is 9.88 Å². The highest BCUT2D eigenvalue weighted by Gasteiger charge is 2.14. The van der Waals surface area contributed by atoms with Gasteiger partial charge in [0.25, 0.3) is 5.91 Å². The summed E-state index contributed by atoms with van der Waals surface area (Å²) in [5.41, 5.74) is 0.542. The van der Waals surface area contributed by atoms with E-state index in [1.807, 2.05) is 6.92 Å². The van der Waals surface area contributed by atoms with Crippen LogP contribution in [-0.4, -0.2) is 16.5 Å². The lowest BCUT2D eigenvalue weighted by atomic mass is 10.1. The maximum atomic E-state index is 11.9. The first-order valence-electron chi connectivity index (χ1n) is 5.14. The molecule has 86 valence electrons. The number of rotatable bonds is 4. The van der Waals surface area contributed by atoms with Crippen molar-refractivity contribution in [2.75, 3.05) is 0 Å². The molecular formula is C12H15ClN2O. The van der Waals surface area contributed by atoms with Crippen LogP contribution in [-0.2, 0) is 7.05 Å². The minimum absolute atomic E-state index is 0.0196. The Morgan fingerprint density at radius 2 is 2.44 bits per heavy atom. The van der Waals surface area contributed by atoms with Crippen LogP contribution in [0.1, 0.15) is 30.3 Å². The molecule has 0 aliphatic heterocycles. The second-order valence-electron chi connectivity index (χ2n) is 3.64. The summed E-state index contributed by atoms with van der Waals surface area (Å²) in [5, 5.41) is 3.43. The predicted molar refractivity (Wildman–Crippen MR) is 65.4 cm³/mol. The molecule has 1 heterocycles. The second kappa shape index (κ2) is 5.62. The fourth-order valence-electron chi connectivity index (χ4n) is 1.45. The van der Waals surface area contributed by atoms with Gasteiger partial charge < -0.3 is 9.88 Å². The first kappa shape index (κ1) is 12.7. The number of carbonyl (C=O) groups excluding carboxylic acids is 1. The fourth-order valence-corrected chi connectivity index (χ4v) is 1.70. The zero-order valence-corrected chi connectivity index (χ0v) is 10.2. The molecule has 16 heavy (non-hydrogen) atoms. The first-order chi connectivity index (χ1) is 7.58. The molecule has 1 aromatic heterocycles. The van der Waals surface area contributed by atoms with Gasteiger partial charge in [-0.25, -0.2) is 0 Å². The smallest absolute Gasteiger partial charge is 0.268 e. The van der Waals surface area contributed by atoms with Crippen molar-refractivity contribution >= 4 is 17.5 Å². The SMILES string of the molecule is C#CCC(CC)NC(=O)c1cc(Cl)cn1C. The van der Waals surface area contributed by atoms with Gasteiger partial charge in [-0.15, -0.1) is 12.3 Å².